The molecule has 0 aliphatic carbocycles. The lowest BCUT2D eigenvalue weighted by atomic mass is 10.1. The minimum atomic E-state index is -2.79. The fourth-order valence-corrected chi connectivity index (χ4v) is 4.71. The van der Waals surface area contributed by atoms with Crippen molar-refractivity contribution >= 4 is 7.37 Å². The molecule has 0 saturated carbocycles. The van der Waals surface area contributed by atoms with Crippen molar-refractivity contribution in [2.24, 2.45) is 0 Å². The van der Waals surface area contributed by atoms with Crippen LogP contribution in [0.1, 0.15) is 110 Å². The first-order valence-corrected chi connectivity index (χ1v) is 12.6. The van der Waals surface area contributed by atoms with Crippen molar-refractivity contribution in [2.45, 2.75) is 110 Å². The standard InChI is InChI=1S/C21H43O2P/c1-3-5-6-7-8-9-10-11-12-13-14-15-16-17-18-19-21-24(22,23)20-4-2/h11-12H,3-10,13-21H2,1-2H3,(H,22,23)/b12-11-. The zero-order valence-electron chi connectivity index (χ0n) is 16.5. The molecule has 2 nitrogen and oxygen atoms in total. The van der Waals surface area contributed by atoms with E-state index >= 15 is 0 Å². The topological polar surface area (TPSA) is 37.3 Å². The number of rotatable bonds is 18. The third-order valence-electron chi connectivity index (χ3n) is 4.59. The van der Waals surface area contributed by atoms with Gasteiger partial charge in [0.1, 0.15) is 0 Å². The number of hydrogen-bond acceptors (Lipinski definition) is 1. The average Bonchev–Trinajstić information content (AvgIpc) is 2.54. The molecule has 0 aromatic heterocycles. The molecular weight excluding hydrogens is 315 g/mol. The van der Waals surface area contributed by atoms with E-state index in [1.54, 1.807) is 0 Å². The van der Waals surface area contributed by atoms with Gasteiger partial charge >= 0.3 is 0 Å². The van der Waals surface area contributed by atoms with Crippen LogP contribution < -0.4 is 0 Å². The van der Waals surface area contributed by atoms with Gasteiger partial charge in [-0.05, 0) is 38.5 Å². The van der Waals surface area contributed by atoms with E-state index in [0.29, 0.717) is 12.3 Å². The van der Waals surface area contributed by atoms with Crippen molar-refractivity contribution < 1.29 is 9.46 Å². The van der Waals surface area contributed by atoms with E-state index < -0.39 is 7.37 Å². The SMILES string of the molecule is CCCCCCCC/C=C\CCCCCCCCP(=O)(O)CCC. The second kappa shape index (κ2) is 17.7. The van der Waals surface area contributed by atoms with Crippen molar-refractivity contribution in [3.8, 4) is 0 Å². The van der Waals surface area contributed by atoms with Crippen LogP contribution in [0.15, 0.2) is 12.2 Å². The van der Waals surface area contributed by atoms with E-state index in [1.807, 2.05) is 6.92 Å². The van der Waals surface area contributed by atoms with Crippen molar-refractivity contribution in [2.75, 3.05) is 12.3 Å². The number of hydrogen-bond donors (Lipinski definition) is 1. The van der Waals surface area contributed by atoms with Gasteiger partial charge in [-0.25, -0.2) is 0 Å². The second-order valence-corrected chi connectivity index (χ2v) is 9.82. The summed E-state index contributed by atoms with van der Waals surface area (Å²) in [5.74, 6) is 0. The second-order valence-electron chi connectivity index (χ2n) is 7.23. The van der Waals surface area contributed by atoms with E-state index in [1.165, 1.54) is 77.0 Å². The number of allylic oxidation sites excluding steroid dienone is 2. The Morgan fingerprint density at radius 2 is 1.08 bits per heavy atom. The first-order valence-electron chi connectivity index (χ1n) is 10.6. The smallest absolute Gasteiger partial charge is 0.200 e. The Balaban J connectivity index is 3.22. The van der Waals surface area contributed by atoms with E-state index in [2.05, 4.69) is 19.1 Å². The lowest BCUT2D eigenvalue weighted by Crippen LogP contribution is -1.94. The molecule has 3 heteroatoms. The van der Waals surface area contributed by atoms with E-state index in [9.17, 15) is 9.46 Å². The Morgan fingerprint density at radius 3 is 1.58 bits per heavy atom. The van der Waals surface area contributed by atoms with Gasteiger partial charge in [0, 0.05) is 12.3 Å². The molecule has 0 aliphatic heterocycles. The molecule has 24 heavy (non-hydrogen) atoms. The van der Waals surface area contributed by atoms with Gasteiger partial charge in [0.15, 0.2) is 0 Å². The Morgan fingerprint density at radius 1 is 0.625 bits per heavy atom. The molecule has 0 aliphatic rings. The van der Waals surface area contributed by atoms with Gasteiger partial charge in [0.25, 0.3) is 0 Å². The molecule has 144 valence electrons. The van der Waals surface area contributed by atoms with Crippen LogP contribution in [-0.2, 0) is 4.57 Å². The predicted molar refractivity (Wildman–Crippen MR) is 109 cm³/mol. The Bertz CT molecular complexity index is 326. The third-order valence-corrected chi connectivity index (χ3v) is 6.75. The van der Waals surface area contributed by atoms with E-state index in [-0.39, 0.29) is 0 Å². The molecule has 0 spiro atoms. The van der Waals surface area contributed by atoms with Gasteiger partial charge < -0.3 is 4.89 Å². The van der Waals surface area contributed by atoms with Crippen LogP contribution >= 0.6 is 7.37 Å². The van der Waals surface area contributed by atoms with Gasteiger partial charge in [0.05, 0.1) is 0 Å². The molecule has 0 saturated heterocycles. The molecule has 0 fully saturated rings. The minimum Gasteiger partial charge on any atom is -0.344 e. The summed E-state index contributed by atoms with van der Waals surface area (Å²) < 4.78 is 11.7. The van der Waals surface area contributed by atoms with Crippen LogP contribution in [0.25, 0.3) is 0 Å². The van der Waals surface area contributed by atoms with Gasteiger partial charge in [-0.15, -0.1) is 0 Å². The highest BCUT2D eigenvalue weighted by Gasteiger charge is 2.15. The first-order chi connectivity index (χ1) is 11.6. The van der Waals surface area contributed by atoms with Crippen molar-refractivity contribution in [1.82, 2.24) is 0 Å². The fourth-order valence-electron chi connectivity index (χ4n) is 3.07. The summed E-state index contributed by atoms with van der Waals surface area (Å²) >= 11 is 0. The van der Waals surface area contributed by atoms with Gasteiger partial charge in [-0.2, -0.15) is 0 Å². The maximum absolute atomic E-state index is 11.7. The maximum Gasteiger partial charge on any atom is 0.200 e. The summed E-state index contributed by atoms with van der Waals surface area (Å²) in [6.07, 6.45) is 24.5. The third kappa shape index (κ3) is 18.3. The summed E-state index contributed by atoms with van der Waals surface area (Å²) in [7, 11) is -2.79. The summed E-state index contributed by atoms with van der Waals surface area (Å²) in [6, 6.07) is 0. The van der Waals surface area contributed by atoms with Crippen LogP contribution in [0.4, 0.5) is 0 Å². The minimum absolute atomic E-state index is 0.498. The molecule has 1 unspecified atom stereocenters. The molecule has 0 amide bonds. The normalized spacial score (nSPS) is 14.3. The predicted octanol–water partition coefficient (Wildman–Crippen LogP) is 7.70. The fraction of sp³-hybridized carbons (Fsp3) is 0.905. The zero-order valence-corrected chi connectivity index (χ0v) is 17.4. The van der Waals surface area contributed by atoms with E-state index in [0.717, 1.165) is 19.3 Å². The molecule has 0 aromatic rings. The van der Waals surface area contributed by atoms with Crippen LogP contribution in [0.2, 0.25) is 0 Å². The van der Waals surface area contributed by atoms with Crippen LogP contribution in [0.3, 0.4) is 0 Å². The summed E-state index contributed by atoms with van der Waals surface area (Å²) in [4.78, 5) is 9.68. The summed E-state index contributed by atoms with van der Waals surface area (Å²) in [6.45, 7) is 4.24. The van der Waals surface area contributed by atoms with Crippen LogP contribution in [-0.4, -0.2) is 17.2 Å². The highest BCUT2D eigenvalue weighted by molar-refractivity contribution is 7.57. The molecule has 0 bridgehead atoms. The Hall–Kier alpha value is -0.0700. The van der Waals surface area contributed by atoms with Crippen LogP contribution in [0.5, 0.6) is 0 Å². The summed E-state index contributed by atoms with van der Waals surface area (Å²) in [5.41, 5.74) is 0. The molecule has 0 aromatic carbocycles. The van der Waals surface area contributed by atoms with Crippen molar-refractivity contribution in [3.63, 3.8) is 0 Å². The molecular formula is C21H43O2P. The lowest BCUT2D eigenvalue weighted by Gasteiger charge is -2.09. The Labute approximate surface area is 152 Å². The van der Waals surface area contributed by atoms with Crippen molar-refractivity contribution in [1.29, 1.82) is 0 Å². The average molecular weight is 359 g/mol. The first kappa shape index (κ1) is 23.9. The van der Waals surface area contributed by atoms with Gasteiger partial charge in [0.2, 0.25) is 7.37 Å². The molecule has 0 rings (SSSR count). The molecule has 1 atom stereocenters. The maximum atomic E-state index is 11.7. The largest absolute Gasteiger partial charge is 0.344 e. The quantitative estimate of drug-likeness (QED) is 0.155. The highest BCUT2D eigenvalue weighted by atomic mass is 31.2. The lowest BCUT2D eigenvalue weighted by molar-refractivity contribution is 0.472. The van der Waals surface area contributed by atoms with Crippen LogP contribution in [0, 0.1) is 0 Å². The highest BCUT2D eigenvalue weighted by Crippen LogP contribution is 2.41. The van der Waals surface area contributed by atoms with Gasteiger partial charge in [-0.1, -0.05) is 83.8 Å². The molecule has 0 heterocycles. The number of unbranched alkanes of at least 4 members (excludes halogenated alkanes) is 12. The molecule has 1 N–H and O–H groups in total. The molecule has 0 radical (unpaired) electrons. The van der Waals surface area contributed by atoms with Crippen molar-refractivity contribution in [3.05, 3.63) is 12.2 Å². The van der Waals surface area contributed by atoms with E-state index in [4.69, 9.17) is 0 Å². The monoisotopic (exact) mass is 358 g/mol. The summed E-state index contributed by atoms with van der Waals surface area (Å²) in [5, 5.41) is 0. The van der Waals surface area contributed by atoms with Gasteiger partial charge in [-0.3, -0.25) is 4.57 Å². The Kier molecular flexibility index (Phi) is 17.7. The zero-order chi connectivity index (χ0) is 17.9.